The second kappa shape index (κ2) is 16.6. The lowest BCUT2D eigenvalue weighted by atomic mass is 9.67. The minimum absolute atomic E-state index is 0.0146. The van der Waals surface area contributed by atoms with Crippen molar-refractivity contribution in [3.63, 3.8) is 0 Å². The molecular formula is C41H53NO17. The Morgan fingerprint density at radius 1 is 0.814 bits per heavy atom. The molecule has 7 rings (SSSR count). The van der Waals surface area contributed by atoms with Gasteiger partial charge in [0.25, 0.3) is 0 Å². The number of aromatic hydroxyl groups is 3. The van der Waals surface area contributed by atoms with Gasteiger partial charge in [-0.1, -0.05) is 6.92 Å². The first-order chi connectivity index (χ1) is 27.9. The van der Waals surface area contributed by atoms with E-state index in [-0.39, 0.29) is 48.8 Å². The summed E-state index contributed by atoms with van der Waals surface area (Å²) in [5, 5.41) is 79.8. The maximum atomic E-state index is 13.9. The molecule has 18 heteroatoms. The molecule has 3 fully saturated rings. The van der Waals surface area contributed by atoms with Crippen molar-refractivity contribution in [2.24, 2.45) is 0 Å². The molecule has 2 aliphatic carbocycles. The molecule has 5 aliphatic rings. The fourth-order valence-corrected chi connectivity index (χ4v) is 9.32. The summed E-state index contributed by atoms with van der Waals surface area (Å²) in [5.41, 5.74) is -3.65. The number of nitrogens with one attached hydrogen (secondary N) is 1. The van der Waals surface area contributed by atoms with Gasteiger partial charge >= 0.3 is 5.97 Å². The maximum absolute atomic E-state index is 13.9. The van der Waals surface area contributed by atoms with Crippen LogP contribution in [0.1, 0.15) is 115 Å². The molecule has 3 saturated heterocycles. The van der Waals surface area contributed by atoms with Crippen molar-refractivity contribution < 1.29 is 83.3 Å². The Hall–Kier alpha value is -3.79. The zero-order valence-electron chi connectivity index (χ0n) is 33.6. The predicted octanol–water partition coefficient (Wildman–Crippen LogP) is 1.28. The van der Waals surface area contributed by atoms with Crippen LogP contribution in [-0.2, 0) is 38.0 Å². The average Bonchev–Trinajstić information content (AvgIpc) is 3.18. The highest BCUT2D eigenvalue weighted by Crippen LogP contribution is 2.54. The third-order valence-corrected chi connectivity index (χ3v) is 12.5. The number of methoxy groups -OCH3 is 1. The minimum Gasteiger partial charge on any atom is -0.507 e. The average molecular weight is 832 g/mol. The molecule has 0 aromatic heterocycles. The number of aliphatic hydroxyl groups is 4. The number of esters is 1. The highest BCUT2D eigenvalue weighted by Gasteiger charge is 2.54. The van der Waals surface area contributed by atoms with Crippen LogP contribution in [-0.4, -0.2) is 147 Å². The van der Waals surface area contributed by atoms with Crippen LogP contribution in [0.15, 0.2) is 18.2 Å². The van der Waals surface area contributed by atoms with Gasteiger partial charge in [0.1, 0.15) is 41.5 Å². The fourth-order valence-electron chi connectivity index (χ4n) is 9.32. The van der Waals surface area contributed by atoms with Crippen molar-refractivity contribution >= 4 is 17.5 Å². The molecular weight excluding hydrogens is 778 g/mol. The highest BCUT2D eigenvalue weighted by atomic mass is 16.7. The lowest BCUT2D eigenvalue weighted by Crippen LogP contribution is -2.58. The van der Waals surface area contributed by atoms with Crippen molar-refractivity contribution in [1.29, 1.82) is 0 Å². The van der Waals surface area contributed by atoms with Crippen LogP contribution in [0.3, 0.4) is 0 Å². The van der Waals surface area contributed by atoms with E-state index in [0.717, 1.165) is 19.2 Å². The SMILES string of the molecule is CC[C@@]1(O)C[C@H](O[C@H]2C[C@H](NC)[C@H](O[C@H]3C[C@H](O)[C@H](O[C@@H]4C[C@H](O)[C@H](O)[C@H](C)O4)[C@H](C)O3)[C@@H](C)O2)c2c(cc3c(c2O)C(=O)c2c(O)ccc(O)c2C3=O)[C@H]1C(=O)OC. The number of fused-ring (bicyclic) bond motifs is 3. The Bertz CT molecular complexity index is 1930. The highest BCUT2D eigenvalue weighted by molar-refractivity contribution is 6.31. The van der Waals surface area contributed by atoms with Gasteiger partial charge in [-0.3, -0.25) is 14.4 Å². The number of carbonyl (C=O) groups excluding carboxylic acids is 3. The Kier molecular flexibility index (Phi) is 12.2. The van der Waals surface area contributed by atoms with E-state index >= 15 is 0 Å². The van der Waals surface area contributed by atoms with Crippen LogP contribution in [0.2, 0.25) is 0 Å². The Balaban J connectivity index is 1.12. The van der Waals surface area contributed by atoms with Crippen LogP contribution in [0.5, 0.6) is 17.2 Å². The van der Waals surface area contributed by atoms with Crippen molar-refractivity contribution in [3.05, 3.63) is 51.6 Å². The summed E-state index contributed by atoms with van der Waals surface area (Å²) in [6.07, 6.45) is -10.6. The number of carbonyl (C=O) groups is 3. The van der Waals surface area contributed by atoms with E-state index in [9.17, 15) is 50.1 Å². The van der Waals surface area contributed by atoms with Crippen molar-refractivity contribution in [1.82, 2.24) is 5.32 Å². The minimum atomic E-state index is -1.82. The number of likely N-dealkylation sites (N-methyl/N-ethyl adjacent to an activating group) is 1. The summed E-state index contributed by atoms with van der Waals surface area (Å²) in [4.78, 5) is 41.2. The normalized spacial score (nSPS) is 38.3. The van der Waals surface area contributed by atoms with Gasteiger partial charge in [0.15, 0.2) is 24.7 Å². The summed E-state index contributed by atoms with van der Waals surface area (Å²) in [7, 11) is 2.85. The van der Waals surface area contributed by atoms with Gasteiger partial charge in [-0.05, 0) is 58.0 Å². The number of benzene rings is 2. The first-order valence-electron chi connectivity index (χ1n) is 19.9. The summed E-state index contributed by atoms with van der Waals surface area (Å²) < 4.78 is 42.2. The largest absolute Gasteiger partial charge is 0.507 e. The zero-order chi connectivity index (χ0) is 42.8. The lowest BCUT2D eigenvalue weighted by molar-refractivity contribution is -0.329. The van der Waals surface area contributed by atoms with Gasteiger partial charge in [0.05, 0.1) is 66.0 Å². The van der Waals surface area contributed by atoms with Crippen LogP contribution in [0.25, 0.3) is 0 Å². The molecule has 324 valence electrons. The standard InChI is InChI=1S/C41H53NO17/c1-7-41(52)14-25(29-18(33(41)40(51)53-6)10-19-30(36(29)49)37(50)32-22(44)9-8-21(43)31(32)35(19)48)57-26-11-20(42-5)38(16(3)55-26)58-28-13-24(46)39(17(4)56-28)59-27-12-23(45)34(47)15(2)54-27/h8-10,15-17,20,23-28,33-34,38-39,42-47,49,52H,7,11-14H2,1-6H3/t15-,16+,17-,20-,23-,24-,25-,26-,27+,28-,33-,34+,38+,39+,41+/m0/s1. The van der Waals surface area contributed by atoms with Gasteiger partial charge in [-0.15, -0.1) is 0 Å². The zero-order valence-corrected chi connectivity index (χ0v) is 33.6. The van der Waals surface area contributed by atoms with E-state index < -0.39 is 143 Å². The van der Waals surface area contributed by atoms with Gasteiger partial charge in [0, 0.05) is 42.9 Å². The van der Waals surface area contributed by atoms with Crippen LogP contribution < -0.4 is 5.32 Å². The van der Waals surface area contributed by atoms with Crippen LogP contribution in [0, 0.1) is 0 Å². The van der Waals surface area contributed by atoms with Crippen molar-refractivity contribution in [2.75, 3.05) is 14.2 Å². The molecule has 0 amide bonds. The molecule has 59 heavy (non-hydrogen) atoms. The molecule has 0 unspecified atom stereocenters. The summed E-state index contributed by atoms with van der Waals surface area (Å²) in [5.74, 6) is -5.96. The number of ketones is 2. The first kappa shape index (κ1) is 43.3. The maximum Gasteiger partial charge on any atom is 0.316 e. The summed E-state index contributed by atoms with van der Waals surface area (Å²) in [6.45, 7) is 6.74. The van der Waals surface area contributed by atoms with E-state index in [1.54, 1.807) is 34.7 Å². The molecule has 0 spiro atoms. The third kappa shape index (κ3) is 7.63. The summed E-state index contributed by atoms with van der Waals surface area (Å²) >= 11 is 0. The number of hydrogen-bond acceptors (Lipinski definition) is 18. The monoisotopic (exact) mass is 831 g/mol. The van der Waals surface area contributed by atoms with Gasteiger partial charge < -0.3 is 74.2 Å². The van der Waals surface area contributed by atoms with Crippen LogP contribution in [0.4, 0.5) is 0 Å². The van der Waals surface area contributed by atoms with Gasteiger partial charge in [0.2, 0.25) is 5.78 Å². The molecule has 3 heterocycles. The quantitative estimate of drug-likeness (QED) is 0.111. The number of aliphatic hydroxyl groups excluding tert-OH is 3. The molecule has 15 atom stereocenters. The van der Waals surface area contributed by atoms with Crippen LogP contribution >= 0.6 is 0 Å². The number of rotatable bonds is 9. The molecule has 0 saturated carbocycles. The molecule has 2 aromatic carbocycles. The molecule has 8 N–H and O–H groups in total. The van der Waals surface area contributed by atoms with Crippen molar-refractivity contribution in [3.8, 4) is 17.2 Å². The Morgan fingerprint density at radius 3 is 1.95 bits per heavy atom. The first-order valence-corrected chi connectivity index (χ1v) is 19.9. The topological polar surface area (TPSA) is 269 Å². The smallest absolute Gasteiger partial charge is 0.316 e. The molecule has 3 aliphatic heterocycles. The molecule has 2 aromatic rings. The second-order valence-corrected chi connectivity index (χ2v) is 16.1. The van der Waals surface area contributed by atoms with Gasteiger partial charge in [-0.25, -0.2) is 0 Å². The number of ether oxygens (including phenoxy) is 7. The van der Waals surface area contributed by atoms with E-state index in [0.29, 0.717) is 0 Å². The molecule has 0 bridgehead atoms. The third-order valence-electron chi connectivity index (χ3n) is 12.5. The fraction of sp³-hybridized carbons (Fsp3) is 0.634. The number of hydrogen-bond donors (Lipinski definition) is 8. The predicted molar refractivity (Wildman–Crippen MR) is 201 cm³/mol. The number of phenols is 3. The van der Waals surface area contributed by atoms with Gasteiger partial charge in [-0.2, -0.15) is 0 Å². The van der Waals surface area contributed by atoms with E-state index in [2.05, 4.69) is 5.32 Å². The lowest BCUT2D eigenvalue weighted by Gasteiger charge is -2.47. The summed E-state index contributed by atoms with van der Waals surface area (Å²) in [6, 6.07) is 2.91. The van der Waals surface area contributed by atoms with Crippen molar-refractivity contribution in [2.45, 2.75) is 151 Å². The van der Waals surface area contributed by atoms with E-state index in [1.165, 1.54) is 6.07 Å². The van der Waals surface area contributed by atoms with E-state index in [4.69, 9.17) is 33.2 Å². The molecule has 0 radical (unpaired) electrons. The van der Waals surface area contributed by atoms with E-state index in [1.807, 2.05) is 0 Å². The Morgan fingerprint density at radius 2 is 1.37 bits per heavy atom. The molecule has 18 nitrogen and oxygen atoms in total. The Labute approximate surface area is 339 Å². The second-order valence-electron chi connectivity index (χ2n) is 16.1. The number of phenolic OH excluding ortho intramolecular Hbond substituents is 3.